The molecule has 1 aromatic carbocycles. The van der Waals surface area contributed by atoms with Gasteiger partial charge in [-0.05, 0) is 49.7 Å². The monoisotopic (exact) mass is 288 g/mol. The van der Waals surface area contributed by atoms with Crippen molar-refractivity contribution >= 4 is 0 Å². The maximum atomic E-state index is 13.7. The normalized spacial score (nSPS) is 12.2. The van der Waals surface area contributed by atoms with Crippen LogP contribution in [0.15, 0.2) is 36.5 Å². The summed E-state index contributed by atoms with van der Waals surface area (Å²) in [5, 5.41) is 3.44. The van der Waals surface area contributed by atoms with Gasteiger partial charge < -0.3 is 10.1 Å². The summed E-state index contributed by atoms with van der Waals surface area (Å²) in [6, 6.07) is 8.30. The topological polar surface area (TPSA) is 34.1 Å². The van der Waals surface area contributed by atoms with Crippen molar-refractivity contribution in [3.05, 3.63) is 59.2 Å². The molecule has 4 heteroatoms. The second-order valence-electron chi connectivity index (χ2n) is 4.98. The first-order valence-electron chi connectivity index (χ1n) is 7.15. The van der Waals surface area contributed by atoms with E-state index in [1.54, 1.807) is 19.4 Å². The molecule has 0 fully saturated rings. The molecule has 1 heterocycles. The van der Waals surface area contributed by atoms with Crippen LogP contribution in [0.4, 0.5) is 4.39 Å². The minimum absolute atomic E-state index is 0.184. The minimum atomic E-state index is -0.275. The highest BCUT2D eigenvalue weighted by atomic mass is 19.1. The van der Waals surface area contributed by atoms with Gasteiger partial charge in [0.1, 0.15) is 11.6 Å². The van der Waals surface area contributed by atoms with E-state index in [4.69, 9.17) is 4.74 Å². The molecule has 0 bridgehead atoms. The van der Waals surface area contributed by atoms with Crippen molar-refractivity contribution in [2.24, 2.45) is 0 Å². The highest BCUT2D eigenvalue weighted by Gasteiger charge is 2.21. The molecule has 0 saturated carbocycles. The molecule has 1 N–H and O–H groups in total. The number of ether oxygens (including phenoxy) is 1. The van der Waals surface area contributed by atoms with E-state index in [-0.39, 0.29) is 11.9 Å². The first kappa shape index (κ1) is 15.4. The van der Waals surface area contributed by atoms with Crippen molar-refractivity contribution in [3.8, 4) is 5.75 Å². The second-order valence-corrected chi connectivity index (χ2v) is 4.98. The number of rotatable bonds is 6. The quantitative estimate of drug-likeness (QED) is 0.881. The van der Waals surface area contributed by atoms with Crippen molar-refractivity contribution in [2.45, 2.75) is 26.3 Å². The van der Waals surface area contributed by atoms with Crippen LogP contribution in [-0.4, -0.2) is 18.6 Å². The fourth-order valence-electron chi connectivity index (χ4n) is 2.37. The van der Waals surface area contributed by atoms with Gasteiger partial charge in [-0.15, -0.1) is 0 Å². The number of hydrogen-bond donors (Lipinski definition) is 1. The predicted molar refractivity (Wildman–Crippen MR) is 82.1 cm³/mol. The molecule has 0 aliphatic carbocycles. The molecule has 0 aliphatic heterocycles. The third kappa shape index (κ3) is 3.58. The zero-order valence-electron chi connectivity index (χ0n) is 12.7. The van der Waals surface area contributed by atoms with E-state index < -0.39 is 0 Å². The molecule has 0 aliphatic rings. The highest BCUT2D eigenvalue weighted by Crippen LogP contribution is 2.31. The van der Waals surface area contributed by atoms with Gasteiger partial charge in [-0.25, -0.2) is 4.39 Å². The molecule has 1 unspecified atom stereocenters. The summed E-state index contributed by atoms with van der Waals surface area (Å²) in [7, 11) is 1.60. The number of aromatic nitrogens is 1. The highest BCUT2D eigenvalue weighted by molar-refractivity contribution is 5.42. The maximum absolute atomic E-state index is 13.7. The van der Waals surface area contributed by atoms with Gasteiger partial charge in [0.15, 0.2) is 0 Å². The Morgan fingerprint density at radius 3 is 2.81 bits per heavy atom. The van der Waals surface area contributed by atoms with Crippen LogP contribution in [0.1, 0.15) is 36.2 Å². The lowest BCUT2D eigenvalue weighted by Gasteiger charge is -2.22. The van der Waals surface area contributed by atoms with Crippen molar-refractivity contribution < 1.29 is 9.13 Å². The van der Waals surface area contributed by atoms with Crippen LogP contribution in [0.5, 0.6) is 5.75 Å². The molecule has 1 aromatic heterocycles. The molecule has 2 rings (SSSR count). The Morgan fingerprint density at radius 1 is 1.33 bits per heavy atom. The molecular weight excluding hydrogens is 267 g/mol. The van der Waals surface area contributed by atoms with Crippen molar-refractivity contribution in [3.63, 3.8) is 0 Å². The zero-order chi connectivity index (χ0) is 15.2. The molecule has 21 heavy (non-hydrogen) atoms. The Morgan fingerprint density at radius 2 is 2.14 bits per heavy atom. The van der Waals surface area contributed by atoms with Crippen molar-refractivity contribution in [2.75, 3.05) is 13.7 Å². The molecule has 0 spiro atoms. The average molecular weight is 288 g/mol. The summed E-state index contributed by atoms with van der Waals surface area (Å²) in [6.07, 6.45) is 2.74. The van der Waals surface area contributed by atoms with E-state index in [2.05, 4.69) is 17.2 Å². The first-order chi connectivity index (χ1) is 10.2. The van der Waals surface area contributed by atoms with E-state index in [1.807, 2.05) is 19.1 Å². The van der Waals surface area contributed by atoms with E-state index in [9.17, 15) is 4.39 Å². The zero-order valence-corrected chi connectivity index (χ0v) is 12.7. The van der Waals surface area contributed by atoms with Crippen LogP contribution < -0.4 is 10.1 Å². The number of benzene rings is 1. The smallest absolute Gasteiger partial charge is 0.124 e. The lowest BCUT2D eigenvalue weighted by Crippen LogP contribution is -2.25. The Hall–Kier alpha value is -1.94. The van der Waals surface area contributed by atoms with Gasteiger partial charge in [0, 0.05) is 11.8 Å². The van der Waals surface area contributed by atoms with Gasteiger partial charge in [0.05, 0.1) is 18.8 Å². The van der Waals surface area contributed by atoms with Crippen LogP contribution >= 0.6 is 0 Å². The molecule has 3 nitrogen and oxygen atoms in total. The fraction of sp³-hybridized carbons (Fsp3) is 0.353. The lowest BCUT2D eigenvalue weighted by molar-refractivity contribution is 0.401. The first-order valence-corrected chi connectivity index (χ1v) is 7.15. The Labute approximate surface area is 125 Å². The molecule has 2 aromatic rings. The largest absolute Gasteiger partial charge is 0.496 e. The van der Waals surface area contributed by atoms with Crippen molar-refractivity contribution in [1.29, 1.82) is 0 Å². The number of methoxy groups -OCH3 is 1. The van der Waals surface area contributed by atoms with Gasteiger partial charge >= 0.3 is 0 Å². The molecular formula is C17H21FN2O. The van der Waals surface area contributed by atoms with E-state index >= 15 is 0 Å². The number of halogens is 1. The molecule has 0 amide bonds. The van der Waals surface area contributed by atoms with Gasteiger partial charge in [-0.3, -0.25) is 4.98 Å². The third-order valence-electron chi connectivity index (χ3n) is 3.42. The average Bonchev–Trinajstić information content (AvgIpc) is 2.49. The van der Waals surface area contributed by atoms with Gasteiger partial charge in [0.2, 0.25) is 0 Å². The predicted octanol–water partition coefficient (Wildman–Crippen LogP) is 3.63. The Kier molecular flexibility index (Phi) is 5.28. The minimum Gasteiger partial charge on any atom is -0.496 e. The summed E-state index contributed by atoms with van der Waals surface area (Å²) in [5.74, 6) is 0.387. The number of aryl methyl sites for hydroxylation is 1. The summed E-state index contributed by atoms with van der Waals surface area (Å²) >= 11 is 0. The Bertz CT molecular complexity index is 601. The van der Waals surface area contributed by atoms with E-state index in [1.165, 1.54) is 12.1 Å². The van der Waals surface area contributed by atoms with Crippen LogP contribution in [0, 0.1) is 12.7 Å². The van der Waals surface area contributed by atoms with Crippen LogP contribution in [0.2, 0.25) is 0 Å². The number of nitrogens with one attached hydrogen (secondary N) is 1. The summed E-state index contributed by atoms with van der Waals surface area (Å²) in [4.78, 5) is 4.47. The molecule has 1 atom stereocenters. The SMILES string of the molecule is CCCNC(c1cc(F)ccc1OC)c1ncccc1C. The van der Waals surface area contributed by atoms with Crippen LogP contribution in [0.25, 0.3) is 0 Å². The summed E-state index contributed by atoms with van der Waals surface area (Å²) < 4.78 is 19.1. The number of pyridine rings is 1. The summed E-state index contributed by atoms with van der Waals surface area (Å²) in [6.45, 7) is 4.92. The van der Waals surface area contributed by atoms with Crippen LogP contribution in [0.3, 0.4) is 0 Å². The standard InChI is InChI=1S/C17H21FN2O/c1-4-9-19-17(16-12(2)6-5-10-20-16)14-11-13(18)7-8-15(14)21-3/h5-8,10-11,17,19H,4,9H2,1-3H3. The van der Waals surface area contributed by atoms with E-state index in [0.717, 1.165) is 29.8 Å². The molecule has 112 valence electrons. The Balaban J connectivity index is 2.50. The van der Waals surface area contributed by atoms with Gasteiger partial charge in [-0.1, -0.05) is 13.0 Å². The van der Waals surface area contributed by atoms with Gasteiger partial charge in [0.25, 0.3) is 0 Å². The third-order valence-corrected chi connectivity index (χ3v) is 3.42. The summed E-state index contributed by atoms with van der Waals surface area (Å²) in [5.41, 5.74) is 2.74. The second kappa shape index (κ2) is 7.18. The van der Waals surface area contributed by atoms with Gasteiger partial charge in [-0.2, -0.15) is 0 Å². The van der Waals surface area contributed by atoms with Crippen LogP contribution in [-0.2, 0) is 0 Å². The lowest BCUT2D eigenvalue weighted by atomic mass is 9.98. The fourth-order valence-corrected chi connectivity index (χ4v) is 2.37. The number of hydrogen-bond acceptors (Lipinski definition) is 3. The number of nitrogens with zero attached hydrogens (tertiary/aromatic N) is 1. The molecule has 0 saturated heterocycles. The molecule has 0 radical (unpaired) electrons. The maximum Gasteiger partial charge on any atom is 0.124 e. The van der Waals surface area contributed by atoms with Crippen molar-refractivity contribution in [1.82, 2.24) is 10.3 Å². The van der Waals surface area contributed by atoms with E-state index in [0.29, 0.717) is 5.75 Å².